The van der Waals surface area contributed by atoms with Gasteiger partial charge in [0.05, 0.1) is 24.6 Å². The number of rotatable bonds is 4. The first kappa shape index (κ1) is 21.4. The van der Waals surface area contributed by atoms with Crippen molar-refractivity contribution in [1.82, 2.24) is 4.98 Å². The number of pyridine rings is 1. The van der Waals surface area contributed by atoms with Crippen LogP contribution in [0.3, 0.4) is 0 Å². The molecule has 0 aliphatic carbocycles. The van der Waals surface area contributed by atoms with Crippen LogP contribution in [0.1, 0.15) is 31.8 Å². The molecule has 0 saturated carbocycles. The van der Waals surface area contributed by atoms with Gasteiger partial charge in [0.25, 0.3) is 11.5 Å². The number of carbonyl (C=O) groups excluding carboxylic acids is 2. The van der Waals surface area contributed by atoms with Crippen molar-refractivity contribution >= 4 is 17.6 Å². The second-order valence-corrected chi connectivity index (χ2v) is 6.95. The number of carbonyl (C=O) groups is 2. The van der Waals surface area contributed by atoms with Crippen LogP contribution in [0, 0.1) is 11.8 Å². The Morgan fingerprint density at radius 3 is 2.39 bits per heavy atom. The molecule has 1 amide bonds. The first-order valence-electron chi connectivity index (χ1n) is 9.92. The summed E-state index contributed by atoms with van der Waals surface area (Å²) in [6, 6.07) is 20.2. The molecule has 0 bridgehead atoms. The maximum Gasteiger partial charge on any atom is 0.337 e. The predicted molar refractivity (Wildman–Crippen MR) is 123 cm³/mol. The van der Waals surface area contributed by atoms with Crippen molar-refractivity contribution in [3.05, 3.63) is 112 Å². The molecule has 7 nitrogen and oxygen atoms in total. The van der Waals surface area contributed by atoms with Gasteiger partial charge in [0, 0.05) is 16.8 Å². The van der Waals surface area contributed by atoms with Crippen molar-refractivity contribution in [3.8, 4) is 23.3 Å². The van der Waals surface area contributed by atoms with E-state index in [-0.39, 0.29) is 5.56 Å². The van der Waals surface area contributed by atoms with Gasteiger partial charge in [-0.3, -0.25) is 9.59 Å². The van der Waals surface area contributed by atoms with Gasteiger partial charge in [0.2, 0.25) is 0 Å². The normalized spacial score (nSPS) is 10.1. The maximum atomic E-state index is 12.6. The Kier molecular flexibility index (Phi) is 6.19. The number of amides is 1. The SMILES string of the molecule is COC(=O)c1cccc(C#Cc2cccc(NC(=O)c3ccc(-c4ccco4)[nH]c3=O)c2)c1. The number of furan rings is 1. The summed E-state index contributed by atoms with van der Waals surface area (Å²) < 4.78 is 9.98. The standard InChI is InChI=1S/C26H18N2O5/c1-32-26(31)19-7-2-5-17(15-19)10-11-18-6-3-8-20(16-18)27-24(29)21-12-13-22(28-25(21)30)23-9-4-14-33-23/h2-9,12-16H,1H3,(H,27,29)(H,28,30). The van der Waals surface area contributed by atoms with Crippen LogP contribution in [-0.4, -0.2) is 24.0 Å². The van der Waals surface area contributed by atoms with Crippen molar-refractivity contribution in [1.29, 1.82) is 0 Å². The number of hydrogen-bond acceptors (Lipinski definition) is 5. The lowest BCUT2D eigenvalue weighted by atomic mass is 10.1. The number of methoxy groups -OCH3 is 1. The quantitative estimate of drug-likeness (QED) is 0.369. The summed E-state index contributed by atoms with van der Waals surface area (Å²) in [7, 11) is 1.32. The van der Waals surface area contributed by atoms with Gasteiger partial charge in [-0.1, -0.05) is 24.0 Å². The number of anilines is 1. The molecular weight excluding hydrogens is 420 g/mol. The molecule has 4 rings (SSSR count). The third-order valence-electron chi connectivity index (χ3n) is 4.70. The lowest BCUT2D eigenvalue weighted by molar-refractivity contribution is 0.0600. The highest BCUT2D eigenvalue weighted by Gasteiger charge is 2.13. The monoisotopic (exact) mass is 438 g/mol. The predicted octanol–water partition coefficient (Wildman–Crippen LogP) is 4.07. The van der Waals surface area contributed by atoms with Gasteiger partial charge in [0.1, 0.15) is 11.3 Å². The van der Waals surface area contributed by atoms with E-state index in [2.05, 4.69) is 22.1 Å². The summed E-state index contributed by atoms with van der Waals surface area (Å²) in [5.41, 5.74) is 2.13. The van der Waals surface area contributed by atoms with Crippen molar-refractivity contribution in [2.45, 2.75) is 0 Å². The Morgan fingerprint density at radius 2 is 1.70 bits per heavy atom. The number of aromatic amines is 1. The van der Waals surface area contributed by atoms with E-state index in [1.54, 1.807) is 66.7 Å². The third-order valence-corrected chi connectivity index (χ3v) is 4.70. The van der Waals surface area contributed by atoms with E-state index in [1.165, 1.54) is 19.4 Å². The highest BCUT2D eigenvalue weighted by atomic mass is 16.5. The van der Waals surface area contributed by atoms with Gasteiger partial charge < -0.3 is 19.5 Å². The van der Waals surface area contributed by atoms with Gasteiger partial charge in [-0.05, 0) is 60.7 Å². The van der Waals surface area contributed by atoms with Crippen LogP contribution in [0.25, 0.3) is 11.5 Å². The molecule has 2 N–H and O–H groups in total. The first-order chi connectivity index (χ1) is 16.0. The average molecular weight is 438 g/mol. The molecule has 162 valence electrons. The smallest absolute Gasteiger partial charge is 0.337 e. The number of aromatic nitrogens is 1. The molecule has 0 fully saturated rings. The van der Waals surface area contributed by atoms with Crippen LogP contribution in [0.4, 0.5) is 5.69 Å². The third kappa shape index (κ3) is 5.09. The van der Waals surface area contributed by atoms with Crippen LogP contribution in [0.15, 0.2) is 88.3 Å². The molecule has 0 atom stereocenters. The second-order valence-electron chi connectivity index (χ2n) is 6.95. The molecule has 33 heavy (non-hydrogen) atoms. The van der Waals surface area contributed by atoms with E-state index in [9.17, 15) is 14.4 Å². The molecule has 0 saturated heterocycles. The van der Waals surface area contributed by atoms with Gasteiger partial charge >= 0.3 is 5.97 Å². The zero-order chi connectivity index (χ0) is 23.2. The highest BCUT2D eigenvalue weighted by molar-refractivity contribution is 6.04. The van der Waals surface area contributed by atoms with E-state index in [1.807, 2.05) is 0 Å². The number of H-pyrrole nitrogens is 1. The second kappa shape index (κ2) is 9.54. The Bertz CT molecular complexity index is 1440. The van der Waals surface area contributed by atoms with Gasteiger partial charge in [-0.25, -0.2) is 4.79 Å². The van der Waals surface area contributed by atoms with Crippen molar-refractivity contribution in [2.75, 3.05) is 12.4 Å². The van der Waals surface area contributed by atoms with E-state index < -0.39 is 17.4 Å². The molecule has 2 heterocycles. The Balaban J connectivity index is 1.50. The van der Waals surface area contributed by atoms with E-state index in [0.29, 0.717) is 33.8 Å². The highest BCUT2D eigenvalue weighted by Crippen LogP contribution is 2.16. The van der Waals surface area contributed by atoms with Gasteiger partial charge in [-0.15, -0.1) is 0 Å². The van der Waals surface area contributed by atoms with E-state index in [0.717, 1.165) is 0 Å². The Labute approximate surface area is 189 Å². The summed E-state index contributed by atoms with van der Waals surface area (Å²) in [5, 5.41) is 2.71. The van der Waals surface area contributed by atoms with E-state index >= 15 is 0 Å². The summed E-state index contributed by atoms with van der Waals surface area (Å²) in [5.74, 6) is 5.51. The van der Waals surface area contributed by atoms with Crippen LogP contribution in [-0.2, 0) is 4.74 Å². The minimum atomic E-state index is -0.543. The molecule has 0 spiro atoms. The van der Waals surface area contributed by atoms with Crippen LogP contribution in [0.2, 0.25) is 0 Å². The minimum Gasteiger partial charge on any atom is -0.465 e. The maximum absolute atomic E-state index is 12.6. The van der Waals surface area contributed by atoms with Crippen molar-refractivity contribution < 1.29 is 18.7 Å². The largest absolute Gasteiger partial charge is 0.465 e. The molecule has 0 aliphatic rings. The molecule has 4 aromatic rings. The summed E-state index contributed by atoms with van der Waals surface area (Å²) in [4.78, 5) is 39.3. The average Bonchev–Trinajstić information content (AvgIpc) is 3.37. The number of nitrogens with one attached hydrogen (secondary N) is 2. The van der Waals surface area contributed by atoms with Gasteiger partial charge in [0.15, 0.2) is 0 Å². The fourth-order valence-electron chi connectivity index (χ4n) is 3.09. The van der Waals surface area contributed by atoms with Crippen molar-refractivity contribution in [2.24, 2.45) is 0 Å². The zero-order valence-corrected chi connectivity index (χ0v) is 17.5. The molecule has 2 aromatic heterocycles. The molecule has 0 aliphatic heterocycles. The fourth-order valence-corrected chi connectivity index (χ4v) is 3.09. The number of benzene rings is 2. The first-order valence-corrected chi connectivity index (χ1v) is 9.92. The number of ether oxygens (including phenoxy) is 1. The number of hydrogen-bond donors (Lipinski definition) is 2. The fraction of sp³-hybridized carbons (Fsp3) is 0.0385. The minimum absolute atomic E-state index is 0.0265. The lowest BCUT2D eigenvalue weighted by Gasteiger charge is -2.06. The molecule has 0 unspecified atom stereocenters. The van der Waals surface area contributed by atoms with E-state index in [4.69, 9.17) is 9.15 Å². The van der Waals surface area contributed by atoms with Gasteiger partial charge in [-0.2, -0.15) is 0 Å². The lowest BCUT2D eigenvalue weighted by Crippen LogP contribution is -2.23. The summed E-state index contributed by atoms with van der Waals surface area (Å²) in [6.45, 7) is 0. The summed E-state index contributed by atoms with van der Waals surface area (Å²) in [6.07, 6.45) is 1.50. The molecule has 7 heteroatoms. The molecule has 2 aromatic carbocycles. The summed E-state index contributed by atoms with van der Waals surface area (Å²) >= 11 is 0. The molecular formula is C26H18N2O5. The number of esters is 1. The van der Waals surface area contributed by atoms with Crippen LogP contribution >= 0.6 is 0 Å². The Hall–Kier alpha value is -4.83. The molecule has 0 radical (unpaired) electrons. The van der Waals surface area contributed by atoms with Crippen LogP contribution in [0.5, 0.6) is 0 Å². The topological polar surface area (TPSA) is 101 Å². The zero-order valence-electron chi connectivity index (χ0n) is 17.5. The van der Waals surface area contributed by atoms with Crippen molar-refractivity contribution in [3.63, 3.8) is 0 Å². The van der Waals surface area contributed by atoms with Crippen LogP contribution < -0.4 is 10.9 Å². The Morgan fingerprint density at radius 1 is 0.939 bits per heavy atom.